The van der Waals surface area contributed by atoms with E-state index in [2.05, 4.69) is 0 Å². The number of allylic oxidation sites excluding steroid dienone is 2. The second-order valence-corrected chi connectivity index (χ2v) is 7.84. The fraction of sp³-hybridized carbons (Fsp3) is 0.412. The van der Waals surface area contributed by atoms with Crippen LogP contribution in [0.4, 0.5) is 4.39 Å². The third kappa shape index (κ3) is 4.03. The number of carbonyl (C=O) groups is 1. The van der Waals surface area contributed by atoms with Crippen molar-refractivity contribution in [1.29, 1.82) is 5.26 Å². The number of esters is 1. The van der Waals surface area contributed by atoms with Crippen molar-refractivity contribution in [2.45, 2.75) is 24.5 Å². The minimum absolute atomic E-state index is 0.375. The first kappa shape index (κ1) is 19.1. The van der Waals surface area contributed by atoms with Crippen LogP contribution in [0.3, 0.4) is 0 Å². The summed E-state index contributed by atoms with van der Waals surface area (Å²) in [7, 11) is 0. The molecular formula is C17H15Cl3FNO2. The highest BCUT2D eigenvalue weighted by atomic mass is 35.5. The molecule has 3 atom stereocenters. The van der Waals surface area contributed by atoms with E-state index in [9.17, 15) is 14.4 Å². The lowest BCUT2D eigenvalue weighted by Gasteiger charge is -2.11. The van der Waals surface area contributed by atoms with Crippen molar-refractivity contribution >= 4 is 40.8 Å². The summed E-state index contributed by atoms with van der Waals surface area (Å²) in [6, 6.07) is 10.7. The Morgan fingerprint density at radius 3 is 2.50 bits per heavy atom. The molecule has 0 spiro atoms. The predicted octanol–water partition coefficient (Wildman–Crippen LogP) is 5.29. The molecule has 3 unspecified atom stereocenters. The summed E-state index contributed by atoms with van der Waals surface area (Å²) in [5, 5.41) is 8.84. The van der Waals surface area contributed by atoms with Gasteiger partial charge in [-0.25, -0.2) is 4.39 Å². The van der Waals surface area contributed by atoms with Crippen LogP contribution in [-0.2, 0) is 9.53 Å². The molecule has 24 heavy (non-hydrogen) atoms. The molecule has 1 aromatic carbocycles. The van der Waals surface area contributed by atoms with Gasteiger partial charge < -0.3 is 4.74 Å². The van der Waals surface area contributed by atoms with E-state index in [1.807, 2.05) is 19.9 Å². The molecule has 0 N–H and O–H groups in total. The zero-order chi connectivity index (χ0) is 18.1. The topological polar surface area (TPSA) is 50.1 Å². The summed E-state index contributed by atoms with van der Waals surface area (Å²) in [6.45, 7) is 3.63. The van der Waals surface area contributed by atoms with Gasteiger partial charge in [-0.05, 0) is 11.3 Å². The number of rotatable bonds is 5. The van der Waals surface area contributed by atoms with Crippen molar-refractivity contribution in [3.8, 4) is 6.07 Å². The van der Waals surface area contributed by atoms with Gasteiger partial charge in [-0.1, -0.05) is 85.1 Å². The van der Waals surface area contributed by atoms with E-state index in [-0.39, 0.29) is 11.0 Å². The van der Waals surface area contributed by atoms with Gasteiger partial charge in [0.2, 0.25) is 6.10 Å². The van der Waals surface area contributed by atoms with Crippen molar-refractivity contribution in [1.82, 2.24) is 0 Å². The summed E-state index contributed by atoms with van der Waals surface area (Å²) < 4.78 is 16.0. The minimum atomic E-state index is -2.70. The molecule has 0 bridgehead atoms. The van der Waals surface area contributed by atoms with Crippen molar-refractivity contribution in [3.05, 3.63) is 47.0 Å². The lowest BCUT2D eigenvalue weighted by Crippen LogP contribution is -2.14. The zero-order valence-corrected chi connectivity index (χ0v) is 15.2. The smallest absolute Gasteiger partial charge is 0.311 e. The Kier molecular flexibility index (Phi) is 5.49. The number of hydrogen-bond donors (Lipinski definition) is 0. The Bertz CT molecular complexity index is 692. The van der Waals surface area contributed by atoms with E-state index in [0.29, 0.717) is 5.56 Å². The summed E-state index contributed by atoms with van der Waals surface area (Å²) >= 11 is 16.3. The van der Waals surface area contributed by atoms with Gasteiger partial charge in [0.1, 0.15) is 6.07 Å². The molecule has 1 aromatic rings. The Labute approximate surface area is 154 Å². The van der Waals surface area contributed by atoms with E-state index in [0.717, 1.165) is 0 Å². The molecule has 0 saturated heterocycles. The fourth-order valence-corrected chi connectivity index (χ4v) is 2.94. The van der Waals surface area contributed by atoms with Crippen LogP contribution in [0.2, 0.25) is 0 Å². The first-order valence-electron chi connectivity index (χ1n) is 7.18. The average Bonchev–Trinajstić information content (AvgIpc) is 3.05. The monoisotopic (exact) mass is 389 g/mol. The summed E-state index contributed by atoms with van der Waals surface area (Å²) in [5.74, 6) is -1.48. The van der Waals surface area contributed by atoms with Crippen LogP contribution in [0.15, 0.2) is 41.4 Å². The summed E-state index contributed by atoms with van der Waals surface area (Å²) in [6.07, 6.45) is 0.328. The van der Waals surface area contributed by atoms with Crippen LogP contribution in [-0.4, -0.2) is 10.6 Å². The molecule has 2 rings (SSSR count). The highest BCUT2D eigenvalue weighted by Gasteiger charge is 2.62. The number of halogens is 4. The molecular weight excluding hydrogens is 376 g/mol. The SMILES string of the molecule is CC1(C)C(C=C(Cl)C(F)(Cl)Cl)C1C(=O)OC(C#N)c1ccccc1. The van der Waals surface area contributed by atoms with Gasteiger partial charge in [0.25, 0.3) is 4.59 Å². The maximum Gasteiger partial charge on any atom is 0.311 e. The van der Waals surface area contributed by atoms with Crippen LogP contribution in [0.25, 0.3) is 0 Å². The summed E-state index contributed by atoms with van der Waals surface area (Å²) in [5.41, 5.74) is 0.0914. The highest BCUT2D eigenvalue weighted by molar-refractivity contribution is 6.54. The maximum absolute atomic E-state index is 13.4. The van der Waals surface area contributed by atoms with Gasteiger partial charge in [-0.3, -0.25) is 4.79 Å². The van der Waals surface area contributed by atoms with Gasteiger partial charge >= 0.3 is 5.97 Å². The number of hydrogen-bond acceptors (Lipinski definition) is 3. The molecule has 1 aliphatic rings. The Morgan fingerprint density at radius 1 is 1.42 bits per heavy atom. The first-order chi connectivity index (χ1) is 11.1. The Hall–Kier alpha value is -1.28. The third-order valence-electron chi connectivity index (χ3n) is 4.21. The number of ether oxygens (including phenoxy) is 1. The molecule has 1 aliphatic carbocycles. The largest absolute Gasteiger partial charge is 0.442 e. The molecule has 3 nitrogen and oxygen atoms in total. The van der Waals surface area contributed by atoms with Gasteiger partial charge in [0, 0.05) is 5.56 Å². The van der Waals surface area contributed by atoms with Gasteiger partial charge in [-0.15, -0.1) is 0 Å². The quantitative estimate of drug-likeness (QED) is 0.507. The first-order valence-corrected chi connectivity index (χ1v) is 8.32. The molecule has 0 aliphatic heterocycles. The number of nitrogens with zero attached hydrogens (tertiary/aromatic N) is 1. The molecule has 0 radical (unpaired) electrons. The number of benzene rings is 1. The minimum Gasteiger partial charge on any atom is -0.442 e. The molecule has 0 heterocycles. The van der Waals surface area contributed by atoms with Crippen molar-refractivity contribution in [3.63, 3.8) is 0 Å². The second kappa shape index (κ2) is 6.92. The summed E-state index contributed by atoms with van der Waals surface area (Å²) in [4.78, 5) is 12.4. The fourth-order valence-electron chi connectivity index (χ4n) is 2.68. The number of carbonyl (C=O) groups excluding carboxylic acids is 1. The van der Waals surface area contributed by atoms with Gasteiger partial charge in [-0.2, -0.15) is 5.26 Å². The molecule has 0 amide bonds. The van der Waals surface area contributed by atoms with Crippen LogP contribution in [0.5, 0.6) is 0 Å². The van der Waals surface area contributed by atoms with Gasteiger partial charge in [0.05, 0.1) is 11.0 Å². The predicted molar refractivity (Wildman–Crippen MR) is 91.1 cm³/mol. The lowest BCUT2D eigenvalue weighted by molar-refractivity contribution is -0.149. The number of nitriles is 1. The van der Waals surface area contributed by atoms with E-state index < -0.39 is 28.0 Å². The Morgan fingerprint density at radius 2 is 2.00 bits per heavy atom. The standard InChI is InChI=1S/C17H15Cl3FNO2/c1-16(2)11(8-13(18)17(19,20)21)14(16)15(23)24-12(9-22)10-6-4-3-5-7-10/h3-8,11-12,14H,1-2H3. The van der Waals surface area contributed by atoms with E-state index in [1.54, 1.807) is 30.3 Å². The van der Waals surface area contributed by atoms with Crippen molar-refractivity contribution in [2.75, 3.05) is 0 Å². The molecule has 1 fully saturated rings. The van der Waals surface area contributed by atoms with E-state index in [4.69, 9.17) is 39.5 Å². The molecule has 128 valence electrons. The van der Waals surface area contributed by atoms with Crippen LogP contribution in [0, 0.1) is 28.6 Å². The zero-order valence-electron chi connectivity index (χ0n) is 13.0. The van der Waals surface area contributed by atoms with Crippen LogP contribution in [0.1, 0.15) is 25.5 Å². The molecule has 1 saturated carbocycles. The second-order valence-electron chi connectivity index (χ2n) is 6.19. The van der Waals surface area contributed by atoms with E-state index >= 15 is 0 Å². The van der Waals surface area contributed by atoms with E-state index in [1.165, 1.54) is 6.08 Å². The Balaban J connectivity index is 2.12. The normalized spacial score (nSPS) is 24.0. The lowest BCUT2D eigenvalue weighted by atomic mass is 10.1. The van der Waals surface area contributed by atoms with Crippen LogP contribution >= 0.6 is 34.8 Å². The van der Waals surface area contributed by atoms with Gasteiger partial charge in [0.15, 0.2) is 0 Å². The molecule has 7 heteroatoms. The maximum atomic E-state index is 13.4. The molecule has 0 aromatic heterocycles. The highest BCUT2D eigenvalue weighted by Crippen LogP contribution is 2.61. The number of alkyl halides is 3. The third-order valence-corrected chi connectivity index (χ3v) is 5.20. The van der Waals surface area contributed by atoms with Crippen LogP contribution < -0.4 is 0 Å². The average molecular weight is 391 g/mol. The van der Waals surface area contributed by atoms with Crippen molar-refractivity contribution in [2.24, 2.45) is 17.3 Å². The van der Waals surface area contributed by atoms with Crippen molar-refractivity contribution < 1.29 is 13.9 Å².